The number of hydrogen-bond donors (Lipinski definition) is 1. The lowest BCUT2D eigenvalue weighted by Gasteiger charge is -2.38. The molecule has 0 atom stereocenters. The highest BCUT2D eigenvalue weighted by molar-refractivity contribution is 7.98. The Labute approximate surface area is 98.5 Å². The third kappa shape index (κ3) is 4.75. The van der Waals surface area contributed by atoms with Gasteiger partial charge in [0.1, 0.15) is 0 Å². The van der Waals surface area contributed by atoms with Gasteiger partial charge in [-0.25, -0.2) is 0 Å². The molecule has 1 rings (SSSR count). The van der Waals surface area contributed by atoms with Crippen LogP contribution in [0.2, 0.25) is 0 Å². The molecule has 1 fully saturated rings. The minimum atomic E-state index is 0.505. The molecule has 0 saturated carbocycles. The second-order valence-electron chi connectivity index (χ2n) is 4.89. The Morgan fingerprint density at radius 3 is 2.53 bits per heavy atom. The first-order valence-electron chi connectivity index (χ1n) is 5.99. The predicted octanol–water partition coefficient (Wildman–Crippen LogP) is 2.53. The predicted molar refractivity (Wildman–Crippen MR) is 68.6 cm³/mol. The number of rotatable bonds is 6. The van der Waals surface area contributed by atoms with Gasteiger partial charge in [-0.15, -0.1) is 0 Å². The van der Waals surface area contributed by atoms with Gasteiger partial charge >= 0.3 is 0 Å². The molecule has 0 aliphatic carbocycles. The van der Waals surface area contributed by atoms with E-state index in [1.54, 1.807) is 0 Å². The van der Waals surface area contributed by atoms with Gasteiger partial charge < -0.3 is 10.1 Å². The maximum absolute atomic E-state index is 5.48. The molecular formula is C12H25NOS. The van der Waals surface area contributed by atoms with Crippen LogP contribution in [0.3, 0.4) is 0 Å². The van der Waals surface area contributed by atoms with Crippen LogP contribution in [0.15, 0.2) is 0 Å². The van der Waals surface area contributed by atoms with E-state index in [0.717, 1.165) is 19.8 Å². The Morgan fingerprint density at radius 2 is 2.00 bits per heavy atom. The van der Waals surface area contributed by atoms with Crippen LogP contribution in [-0.2, 0) is 4.74 Å². The highest BCUT2D eigenvalue weighted by Gasteiger charge is 2.31. The van der Waals surface area contributed by atoms with Crippen LogP contribution in [0.5, 0.6) is 0 Å². The van der Waals surface area contributed by atoms with Crippen LogP contribution < -0.4 is 5.32 Å². The minimum Gasteiger partial charge on any atom is -0.381 e. The molecule has 1 N–H and O–H groups in total. The SMILES string of the molecule is CSCCC1(CNC(C)C)CCOCC1. The van der Waals surface area contributed by atoms with Crippen LogP contribution in [-0.4, -0.2) is 37.8 Å². The Bertz CT molecular complexity index is 167. The molecule has 0 unspecified atom stereocenters. The van der Waals surface area contributed by atoms with Crippen LogP contribution in [0.1, 0.15) is 33.1 Å². The maximum Gasteiger partial charge on any atom is 0.0471 e. The lowest BCUT2D eigenvalue weighted by atomic mass is 9.77. The smallest absolute Gasteiger partial charge is 0.0471 e. The van der Waals surface area contributed by atoms with Crippen molar-refractivity contribution in [2.24, 2.45) is 5.41 Å². The molecule has 0 radical (unpaired) electrons. The highest BCUT2D eigenvalue weighted by atomic mass is 32.2. The van der Waals surface area contributed by atoms with E-state index in [-0.39, 0.29) is 0 Å². The van der Waals surface area contributed by atoms with Crippen molar-refractivity contribution < 1.29 is 4.74 Å². The van der Waals surface area contributed by atoms with Crippen molar-refractivity contribution in [3.8, 4) is 0 Å². The van der Waals surface area contributed by atoms with Gasteiger partial charge in [-0.2, -0.15) is 11.8 Å². The number of ether oxygens (including phenoxy) is 1. The van der Waals surface area contributed by atoms with Gasteiger partial charge in [0.2, 0.25) is 0 Å². The molecule has 0 aromatic heterocycles. The zero-order chi connectivity index (χ0) is 11.1. The summed E-state index contributed by atoms with van der Waals surface area (Å²) in [6.45, 7) is 7.51. The summed E-state index contributed by atoms with van der Waals surface area (Å²) in [7, 11) is 0. The van der Waals surface area contributed by atoms with E-state index in [1.165, 1.54) is 25.0 Å². The first kappa shape index (κ1) is 13.3. The normalized spacial score (nSPS) is 20.8. The number of hydrogen-bond acceptors (Lipinski definition) is 3. The molecule has 3 heteroatoms. The summed E-state index contributed by atoms with van der Waals surface area (Å²) in [5.41, 5.74) is 0.505. The number of nitrogens with one attached hydrogen (secondary N) is 1. The molecule has 2 nitrogen and oxygen atoms in total. The van der Waals surface area contributed by atoms with E-state index < -0.39 is 0 Å². The molecule has 1 heterocycles. The average molecular weight is 231 g/mol. The first-order chi connectivity index (χ1) is 7.18. The standard InChI is InChI=1S/C12H25NOS/c1-11(2)13-10-12(6-9-15-3)4-7-14-8-5-12/h11,13H,4-10H2,1-3H3. The molecule has 0 amide bonds. The van der Waals surface area contributed by atoms with Gasteiger partial charge in [0.15, 0.2) is 0 Å². The Balaban J connectivity index is 2.42. The third-order valence-corrected chi connectivity index (χ3v) is 3.89. The fraction of sp³-hybridized carbons (Fsp3) is 1.00. The van der Waals surface area contributed by atoms with E-state index in [0.29, 0.717) is 11.5 Å². The molecule has 1 saturated heterocycles. The van der Waals surface area contributed by atoms with E-state index in [1.807, 2.05) is 11.8 Å². The van der Waals surface area contributed by atoms with Gasteiger partial charge in [-0.3, -0.25) is 0 Å². The van der Waals surface area contributed by atoms with Crippen molar-refractivity contribution in [3.63, 3.8) is 0 Å². The Morgan fingerprint density at radius 1 is 1.33 bits per heavy atom. The maximum atomic E-state index is 5.48. The fourth-order valence-electron chi connectivity index (χ4n) is 2.06. The van der Waals surface area contributed by atoms with Crippen molar-refractivity contribution in [2.75, 3.05) is 31.8 Å². The molecule has 0 spiro atoms. The largest absolute Gasteiger partial charge is 0.381 e. The lowest BCUT2D eigenvalue weighted by molar-refractivity contribution is 0.0126. The molecular weight excluding hydrogens is 206 g/mol. The lowest BCUT2D eigenvalue weighted by Crippen LogP contribution is -2.41. The minimum absolute atomic E-state index is 0.505. The molecule has 0 aromatic rings. The average Bonchev–Trinajstić information content (AvgIpc) is 2.25. The topological polar surface area (TPSA) is 21.3 Å². The number of thioether (sulfide) groups is 1. The summed E-state index contributed by atoms with van der Waals surface area (Å²) in [6.07, 6.45) is 5.99. The van der Waals surface area contributed by atoms with Gasteiger partial charge in [0.05, 0.1) is 0 Å². The van der Waals surface area contributed by atoms with Gasteiger partial charge in [0.25, 0.3) is 0 Å². The van der Waals surface area contributed by atoms with Crippen molar-refractivity contribution in [1.82, 2.24) is 5.32 Å². The van der Waals surface area contributed by atoms with E-state index in [2.05, 4.69) is 25.4 Å². The summed E-state index contributed by atoms with van der Waals surface area (Å²) in [6, 6.07) is 0.596. The first-order valence-corrected chi connectivity index (χ1v) is 7.38. The van der Waals surface area contributed by atoms with Crippen LogP contribution in [0.4, 0.5) is 0 Å². The quantitative estimate of drug-likeness (QED) is 0.759. The second kappa shape index (κ2) is 6.77. The molecule has 0 bridgehead atoms. The van der Waals surface area contributed by atoms with Crippen molar-refractivity contribution in [3.05, 3.63) is 0 Å². The van der Waals surface area contributed by atoms with Crippen LogP contribution in [0, 0.1) is 5.41 Å². The van der Waals surface area contributed by atoms with Crippen molar-refractivity contribution >= 4 is 11.8 Å². The monoisotopic (exact) mass is 231 g/mol. The Kier molecular flexibility index (Phi) is 6.02. The summed E-state index contributed by atoms with van der Waals surface area (Å²) < 4.78 is 5.48. The highest BCUT2D eigenvalue weighted by Crippen LogP contribution is 2.34. The second-order valence-corrected chi connectivity index (χ2v) is 5.88. The molecule has 15 heavy (non-hydrogen) atoms. The van der Waals surface area contributed by atoms with Gasteiger partial charge in [-0.1, -0.05) is 13.8 Å². The van der Waals surface area contributed by atoms with Crippen molar-refractivity contribution in [1.29, 1.82) is 0 Å². The zero-order valence-electron chi connectivity index (χ0n) is 10.3. The molecule has 1 aliphatic heterocycles. The third-order valence-electron chi connectivity index (χ3n) is 3.28. The van der Waals surface area contributed by atoms with Crippen LogP contribution >= 0.6 is 11.8 Å². The molecule has 1 aliphatic rings. The summed E-state index contributed by atoms with van der Waals surface area (Å²) in [5.74, 6) is 1.28. The van der Waals surface area contributed by atoms with Gasteiger partial charge in [-0.05, 0) is 36.7 Å². The van der Waals surface area contributed by atoms with Crippen LogP contribution in [0.25, 0.3) is 0 Å². The summed E-state index contributed by atoms with van der Waals surface area (Å²) in [5, 5.41) is 3.60. The van der Waals surface area contributed by atoms with E-state index in [4.69, 9.17) is 4.74 Å². The molecule has 90 valence electrons. The summed E-state index contributed by atoms with van der Waals surface area (Å²) in [4.78, 5) is 0. The van der Waals surface area contributed by atoms with E-state index >= 15 is 0 Å². The zero-order valence-corrected chi connectivity index (χ0v) is 11.2. The summed E-state index contributed by atoms with van der Waals surface area (Å²) >= 11 is 1.96. The Hall–Kier alpha value is 0.270. The van der Waals surface area contributed by atoms with Crippen molar-refractivity contribution in [2.45, 2.75) is 39.2 Å². The van der Waals surface area contributed by atoms with E-state index in [9.17, 15) is 0 Å². The molecule has 0 aromatic carbocycles. The van der Waals surface area contributed by atoms with Gasteiger partial charge in [0, 0.05) is 25.8 Å². The fourth-order valence-corrected chi connectivity index (χ4v) is 2.70.